The van der Waals surface area contributed by atoms with Crippen molar-refractivity contribution in [2.45, 2.75) is 6.18 Å². The first-order valence-electron chi connectivity index (χ1n) is 4.92. The second-order valence-electron chi connectivity index (χ2n) is 3.28. The van der Waals surface area contributed by atoms with Gasteiger partial charge in [0, 0.05) is 12.7 Å². The van der Waals surface area contributed by atoms with Gasteiger partial charge in [0.15, 0.2) is 5.82 Å². The highest BCUT2D eigenvalue weighted by atomic mass is 19.4. The van der Waals surface area contributed by atoms with E-state index in [2.05, 4.69) is 15.0 Å². The van der Waals surface area contributed by atoms with Crippen LogP contribution in [0.1, 0.15) is 10.4 Å². The predicted molar refractivity (Wildman–Crippen MR) is 53.4 cm³/mol. The van der Waals surface area contributed by atoms with Crippen LogP contribution >= 0.6 is 0 Å². The molecule has 0 fully saturated rings. The Labute approximate surface area is 100.0 Å². The van der Waals surface area contributed by atoms with E-state index in [1.165, 1.54) is 12.3 Å². The summed E-state index contributed by atoms with van der Waals surface area (Å²) in [5.74, 6) is -1.53. The van der Waals surface area contributed by atoms with Crippen LogP contribution in [0.15, 0.2) is 18.5 Å². The summed E-state index contributed by atoms with van der Waals surface area (Å²) >= 11 is 0. The molecule has 100 valence electrons. The smallest absolute Gasteiger partial charge is 0.370 e. The number of nitrogens with one attached hydrogen (secondary N) is 1. The number of hydrogen-bond acceptors (Lipinski definition) is 3. The summed E-state index contributed by atoms with van der Waals surface area (Å²) in [5, 5.41) is 2.23. The lowest BCUT2D eigenvalue weighted by Gasteiger charge is -2.08. The Morgan fingerprint density at radius 3 is 2.78 bits per heavy atom. The van der Waals surface area contributed by atoms with E-state index >= 15 is 0 Å². The third kappa shape index (κ3) is 5.09. The second-order valence-corrected chi connectivity index (χ2v) is 3.28. The molecule has 1 aromatic heterocycles. The van der Waals surface area contributed by atoms with E-state index in [0.29, 0.717) is 0 Å². The molecule has 0 aliphatic carbocycles. The van der Waals surface area contributed by atoms with Crippen molar-refractivity contribution in [3.8, 4) is 0 Å². The summed E-state index contributed by atoms with van der Waals surface area (Å²) in [6.45, 7) is -1.83. The summed E-state index contributed by atoms with van der Waals surface area (Å²) in [7, 11) is 0. The number of nitrogens with zero attached hydrogens (tertiary/aromatic N) is 1. The predicted octanol–water partition coefficient (Wildman–Crippen LogP) is 1.53. The van der Waals surface area contributed by atoms with Gasteiger partial charge in [-0.25, -0.2) is 4.39 Å². The zero-order valence-electron chi connectivity index (χ0n) is 9.13. The molecule has 0 spiro atoms. The van der Waals surface area contributed by atoms with E-state index in [-0.39, 0.29) is 18.7 Å². The number of carbonyl (C=O) groups is 1. The van der Waals surface area contributed by atoms with Crippen molar-refractivity contribution < 1.29 is 27.1 Å². The standard InChI is InChI=1S/C10H10F4N2O2/c11-8-5-15-2-1-7(8)9(17)16-3-4-18-6-10(12,13)14/h1-2,5H,3-4,6H2,(H,16,17). The summed E-state index contributed by atoms with van der Waals surface area (Å²) < 4.78 is 52.4. The lowest BCUT2D eigenvalue weighted by Crippen LogP contribution is -2.29. The highest BCUT2D eigenvalue weighted by Crippen LogP contribution is 2.13. The molecule has 8 heteroatoms. The average molecular weight is 266 g/mol. The largest absolute Gasteiger partial charge is 0.411 e. The lowest BCUT2D eigenvalue weighted by atomic mass is 10.2. The Morgan fingerprint density at radius 2 is 2.17 bits per heavy atom. The molecule has 1 rings (SSSR count). The number of ether oxygens (including phenoxy) is 1. The first-order valence-corrected chi connectivity index (χ1v) is 4.92. The van der Waals surface area contributed by atoms with Crippen molar-refractivity contribution in [1.82, 2.24) is 10.3 Å². The lowest BCUT2D eigenvalue weighted by molar-refractivity contribution is -0.173. The van der Waals surface area contributed by atoms with Crippen LogP contribution in [0.5, 0.6) is 0 Å². The fraction of sp³-hybridized carbons (Fsp3) is 0.400. The highest BCUT2D eigenvalue weighted by Gasteiger charge is 2.27. The number of aromatic nitrogens is 1. The molecule has 4 nitrogen and oxygen atoms in total. The summed E-state index contributed by atoms with van der Waals surface area (Å²) in [6, 6.07) is 1.17. The normalized spacial score (nSPS) is 11.3. The Morgan fingerprint density at radius 1 is 1.44 bits per heavy atom. The Hall–Kier alpha value is -1.70. The summed E-state index contributed by atoms with van der Waals surface area (Å²) in [5.41, 5.74) is -0.221. The number of amides is 1. The van der Waals surface area contributed by atoms with Crippen LogP contribution in [0.4, 0.5) is 17.6 Å². The molecule has 0 bridgehead atoms. The van der Waals surface area contributed by atoms with Crippen molar-refractivity contribution in [2.24, 2.45) is 0 Å². The minimum atomic E-state index is -4.40. The molecule has 1 heterocycles. The summed E-state index contributed by atoms with van der Waals surface area (Å²) in [6.07, 6.45) is -2.30. The molecule has 0 atom stereocenters. The van der Waals surface area contributed by atoms with Gasteiger partial charge >= 0.3 is 6.18 Å². The molecule has 0 saturated heterocycles. The van der Waals surface area contributed by atoms with Crippen LogP contribution in [0.2, 0.25) is 0 Å². The van der Waals surface area contributed by atoms with Crippen LogP contribution in [0.3, 0.4) is 0 Å². The molecule has 0 unspecified atom stereocenters. The maximum atomic E-state index is 13.1. The van der Waals surface area contributed by atoms with E-state index in [1.807, 2.05) is 0 Å². The number of pyridine rings is 1. The zero-order chi connectivity index (χ0) is 13.6. The number of carbonyl (C=O) groups excluding carboxylic acids is 1. The number of alkyl halides is 3. The molecule has 1 N–H and O–H groups in total. The Balaban J connectivity index is 2.28. The van der Waals surface area contributed by atoms with E-state index in [1.54, 1.807) is 0 Å². The molecule has 0 aromatic carbocycles. The molecular weight excluding hydrogens is 256 g/mol. The molecular formula is C10H10F4N2O2. The quantitative estimate of drug-likeness (QED) is 0.649. The van der Waals surface area contributed by atoms with Gasteiger partial charge in [-0.15, -0.1) is 0 Å². The molecule has 0 aliphatic rings. The topological polar surface area (TPSA) is 51.2 Å². The maximum absolute atomic E-state index is 13.1. The van der Waals surface area contributed by atoms with Crippen molar-refractivity contribution in [2.75, 3.05) is 19.8 Å². The maximum Gasteiger partial charge on any atom is 0.411 e. The highest BCUT2D eigenvalue weighted by molar-refractivity contribution is 5.94. The van der Waals surface area contributed by atoms with E-state index < -0.39 is 24.5 Å². The fourth-order valence-electron chi connectivity index (χ4n) is 1.08. The van der Waals surface area contributed by atoms with Crippen LogP contribution in [0.25, 0.3) is 0 Å². The van der Waals surface area contributed by atoms with Crippen molar-refractivity contribution in [1.29, 1.82) is 0 Å². The van der Waals surface area contributed by atoms with Gasteiger partial charge in [-0.2, -0.15) is 13.2 Å². The van der Waals surface area contributed by atoms with E-state index in [9.17, 15) is 22.4 Å². The zero-order valence-corrected chi connectivity index (χ0v) is 9.13. The van der Waals surface area contributed by atoms with E-state index in [0.717, 1.165) is 6.20 Å². The molecule has 0 radical (unpaired) electrons. The SMILES string of the molecule is O=C(NCCOCC(F)(F)F)c1ccncc1F. The number of halogens is 4. The fourth-order valence-corrected chi connectivity index (χ4v) is 1.08. The third-order valence-electron chi connectivity index (χ3n) is 1.81. The van der Waals surface area contributed by atoms with Gasteiger partial charge in [0.1, 0.15) is 6.61 Å². The number of hydrogen-bond donors (Lipinski definition) is 1. The van der Waals surface area contributed by atoms with E-state index in [4.69, 9.17) is 0 Å². The molecule has 18 heavy (non-hydrogen) atoms. The van der Waals surface area contributed by atoms with Crippen LogP contribution in [0, 0.1) is 5.82 Å². The van der Waals surface area contributed by atoms with Gasteiger partial charge in [0.2, 0.25) is 0 Å². The van der Waals surface area contributed by atoms with Gasteiger partial charge in [-0.3, -0.25) is 9.78 Å². The second kappa shape index (κ2) is 6.29. The molecule has 0 aliphatic heterocycles. The van der Waals surface area contributed by atoms with Gasteiger partial charge in [0.25, 0.3) is 5.91 Å². The van der Waals surface area contributed by atoms with Gasteiger partial charge in [0.05, 0.1) is 18.4 Å². The third-order valence-corrected chi connectivity index (χ3v) is 1.81. The first-order chi connectivity index (χ1) is 8.40. The number of rotatable bonds is 5. The van der Waals surface area contributed by atoms with Crippen molar-refractivity contribution >= 4 is 5.91 Å². The molecule has 1 aromatic rings. The van der Waals surface area contributed by atoms with Crippen molar-refractivity contribution in [3.63, 3.8) is 0 Å². The van der Waals surface area contributed by atoms with Crippen molar-refractivity contribution in [3.05, 3.63) is 29.8 Å². The Kier molecular flexibility index (Phi) is 5.02. The Bertz CT molecular complexity index is 409. The van der Waals surface area contributed by atoms with Crippen LogP contribution in [-0.4, -0.2) is 36.8 Å². The van der Waals surface area contributed by atoms with Gasteiger partial charge in [-0.05, 0) is 6.07 Å². The average Bonchev–Trinajstić information content (AvgIpc) is 2.27. The molecule has 1 amide bonds. The van der Waals surface area contributed by atoms with Gasteiger partial charge in [-0.1, -0.05) is 0 Å². The van der Waals surface area contributed by atoms with Crippen LogP contribution in [-0.2, 0) is 4.74 Å². The van der Waals surface area contributed by atoms with Crippen LogP contribution < -0.4 is 5.32 Å². The monoisotopic (exact) mass is 266 g/mol. The molecule has 0 saturated carbocycles. The minimum Gasteiger partial charge on any atom is -0.370 e. The first kappa shape index (κ1) is 14.4. The summed E-state index contributed by atoms with van der Waals surface area (Å²) in [4.78, 5) is 14.8. The minimum absolute atomic E-state index is 0.142. The van der Waals surface area contributed by atoms with Gasteiger partial charge < -0.3 is 10.1 Å².